The number of halogens is 2. The van der Waals surface area contributed by atoms with Crippen LogP contribution in [0.25, 0.3) is 0 Å². The molecule has 3 heterocycles. The van der Waals surface area contributed by atoms with E-state index in [9.17, 15) is 12.8 Å². The number of rotatable bonds is 5. The summed E-state index contributed by atoms with van der Waals surface area (Å²) < 4.78 is 48.1. The number of sulfonamides is 1. The van der Waals surface area contributed by atoms with Crippen molar-refractivity contribution in [3.8, 4) is 11.6 Å². The molecule has 35 heavy (non-hydrogen) atoms. The Morgan fingerprint density at radius 3 is 2.57 bits per heavy atom. The smallest absolute Gasteiger partial charge is 0.243 e. The van der Waals surface area contributed by atoms with Gasteiger partial charge in [-0.1, -0.05) is 17.7 Å². The minimum atomic E-state index is -3.78. The van der Waals surface area contributed by atoms with E-state index >= 15 is 0 Å². The Kier molecular flexibility index (Phi) is 6.65. The van der Waals surface area contributed by atoms with Gasteiger partial charge < -0.3 is 9.64 Å². The third-order valence-corrected chi connectivity index (χ3v) is 8.47. The van der Waals surface area contributed by atoms with Crippen LogP contribution >= 0.6 is 11.6 Å². The van der Waals surface area contributed by atoms with Gasteiger partial charge in [-0.15, -0.1) is 0 Å². The van der Waals surface area contributed by atoms with Crippen molar-refractivity contribution in [2.24, 2.45) is 0 Å². The second-order valence-corrected chi connectivity index (χ2v) is 11.2. The molecule has 0 saturated carbocycles. The highest BCUT2D eigenvalue weighted by Gasteiger charge is 2.32. The fourth-order valence-electron chi connectivity index (χ4n) is 4.44. The summed E-state index contributed by atoms with van der Waals surface area (Å²) in [5.74, 6) is 0.995. The fourth-order valence-corrected chi connectivity index (χ4v) is 6.15. The van der Waals surface area contributed by atoms with Gasteiger partial charge in [0.2, 0.25) is 21.9 Å². The lowest BCUT2D eigenvalue weighted by Gasteiger charge is -2.31. The van der Waals surface area contributed by atoms with Crippen LogP contribution in [0.1, 0.15) is 36.1 Å². The van der Waals surface area contributed by atoms with E-state index < -0.39 is 10.0 Å². The molecule has 5 rings (SSSR count). The second kappa shape index (κ2) is 9.72. The van der Waals surface area contributed by atoms with Crippen LogP contribution in [0.3, 0.4) is 0 Å². The molecule has 2 aromatic carbocycles. The fraction of sp³-hybridized carbons (Fsp3) is 0.360. The lowest BCUT2D eigenvalue weighted by molar-refractivity contribution is 0.368. The molecule has 0 N–H and O–H groups in total. The predicted octanol–water partition coefficient (Wildman–Crippen LogP) is 5.11. The highest BCUT2D eigenvalue weighted by molar-refractivity contribution is 7.89. The molecule has 1 fully saturated rings. The molecule has 0 amide bonds. The third-order valence-electron chi connectivity index (χ3n) is 6.39. The van der Waals surface area contributed by atoms with E-state index in [2.05, 4.69) is 4.90 Å². The molecule has 3 aromatic rings. The molecular weight excluding hydrogens is 491 g/mol. The second-order valence-electron chi connectivity index (χ2n) is 8.86. The van der Waals surface area contributed by atoms with Crippen molar-refractivity contribution in [3.63, 3.8) is 0 Å². The molecule has 0 radical (unpaired) electrons. The van der Waals surface area contributed by atoms with Gasteiger partial charge in [0.1, 0.15) is 11.6 Å². The van der Waals surface area contributed by atoms with Crippen molar-refractivity contribution in [2.75, 3.05) is 24.5 Å². The SMILES string of the molecule is Cc1cc(Oc2nc(N3CCCCC3)nc3c2CN(S(=O)(=O)c2cccc(Cl)c2)CC3)ccc1F. The topological polar surface area (TPSA) is 75.6 Å². The zero-order valence-electron chi connectivity index (χ0n) is 19.4. The highest BCUT2D eigenvalue weighted by Crippen LogP contribution is 2.34. The average molecular weight is 517 g/mol. The molecule has 0 spiro atoms. The Labute approximate surface area is 209 Å². The Morgan fingerprint density at radius 2 is 1.83 bits per heavy atom. The van der Waals surface area contributed by atoms with Crippen LogP contribution in [0.2, 0.25) is 5.02 Å². The van der Waals surface area contributed by atoms with Crippen LogP contribution in [0, 0.1) is 12.7 Å². The van der Waals surface area contributed by atoms with E-state index in [1.807, 2.05) is 0 Å². The van der Waals surface area contributed by atoms with Gasteiger partial charge in [-0.3, -0.25) is 0 Å². The number of nitrogens with zero attached hydrogens (tertiary/aromatic N) is 4. The van der Waals surface area contributed by atoms with E-state index in [4.69, 9.17) is 26.3 Å². The van der Waals surface area contributed by atoms with Gasteiger partial charge in [-0.25, -0.2) is 17.8 Å². The normalized spacial score (nSPS) is 16.7. The number of benzene rings is 2. The summed E-state index contributed by atoms with van der Waals surface area (Å²) in [5, 5.41) is 0.355. The lowest BCUT2D eigenvalue weighted by atomic mass is 10.1. The van der Waals surface area contributed by atoms with Crippen molar-refractivity contribution in [3.05, 3.63) is 70.1 Å². The zero-order chi connectivity index (χ0) is 24.6. The summed E-state index contributed by atoms with van der Waals surface area (Å²) >= 11 is 6.05. The minimum Gasteiger partial charge on any atom is -0.438 e. The third kappa shape index (κ3) is 4.98. The average Bonchev–Trinajstić information content (AvgIpc) is 2.86. The number of anilines is 1. The highest BCUT2D eigenvalue weighted by atomic mass is 35.5. The zero-order valence-corrected chi connectivity index (χ0v) is 20.9. The molecule has 1 aromatic heterocycles. The number of piperidine rings is 1. The maximum atomic E-state index is 13.8. The number of aromatic nitrogens is 2. The van der Waals surface area contributed by atoms with E-state index in [1.54, 1.807) is 31.2 Å². The van der Waals surface area contributed by atoms with Gasteiger partial charge in [0.05, 0.1) is 16.2 Å². The summed E-state index contributed by atoms with van der Waals surface area (Å²) in [7, 11) is -3.78. The summed E-state index contributed by atoms with van der Waals surface area (Å²) in [6.07, 6.45) is 3.74. The Bertz CT molecular complexity index is 1360. The Hall–Kier alpha value is -2.75. The van der Waals surface area contributed by atoms with Crippen LogP contribution in [0.5, 0.6) is 11.6 Å². The molecule has 0 bridgehead atoms. The first-order valence-corrected chi connectivity index (χ1v) is 13.5. The van der Waals surface area contributed by atoms with Gasteiger partial charge in [0.15, 0.2) is 0 Å². The summed E-state index contributed by atoms with van der Waals surface area (Å²) in [4.78, 5) is 11.8. The number of hydrogen-bond acceptors (Lipinski definition) is 6. The first kappa shape index (κ1) is 24.0. The molecule has 2 aliphatic heterocycles. The van der Waals surface area contributed by atoms with Gasteiger partial charge in [0.25, 0.3) is 0 Å². The number of hydrogen-bond donors (Lipinski definition) is 0. The van der Waals surface area contributed by atoms with Gasteiger partial charge in [-0.05, 0) is 68.1 Å². The molecule has 0 aliphatic carbocycles. The quantitative estimate of drug-likeness (QED) is 0.469. The molecule has 0 unspecified atom stereocenters. The van der Waals surface area contributed by atoms with Crippen molar-refractivity contribution >= 4 is 27.6 Å². The Balaban J connectivity index is 1.53. The molecule has 1 saturated heterocycles. The van der Waals surface area contributed by atoms with Gasteiger partial charge >= 0.3 is 0 Å². The van der Waals surface area contributed by atoms with Crippen LogP contribution in [-0.4, -0.2) is 42.3 Å². The minimum absolute atomic E-state index is 0.0694. The molecule has 7 nitrogen and oxygen atoms in total. The largest absolute Gasteiger partial charge is 0.438 e. The van der Waals surface area contributed by atoms with Crippen LogP contribution in [0.15, 0.2) is 47.4 Å². The van der Waals surface area contributed by atoms with Gasteiger partial charge in [0, 0.05) is 37.6 Å². The maximum absolute atomic E-state index is 13.8. The maximum Gasteiger partial charge on any atom is 0.243 e. The number of aryl methyl sites for hydroxylation is 1. The molecule has 0 atom stereocenters. The molecule has 10 heteroatoms. The van der Waals surface area contributed by atoms with Crippen molar-refractivity contribution in [1.82, 2.24) is 14.3 Å². The van der Waals surface area contributed by atoms with Crippen molar-refractivity contribution in [1.29, 1.82) is 0 Å². The van der Waals surface area contributed by atoms with E-state index in [1.165, 1.54) is 28.9 Å². The summed E-state index contributed by atoms with van der Waals surface area (Å²) in [5.41, 5.74) is 1.84. The van der Waals surface area contributed by atoms with Crippen molar-refractivity contribution in [2.45, 2.75) is 44.0 Å². The standard InChI is InChI=1S/C25H26ClFN4O3S/c1-17-14-19(8-9-22(17)27)34-24-21-16-31(35(32,33)20-7-5-6-18(26)15-20)13-10-23(21)28-25(29-24)30-11-3-2-4-12-30/h5-9,14-15H,2-4,10-13,16H2,1H3. The summed E-state index contributed by atoms with van der Waals surface area (Å²) in [6.45, 7) is 3.75. The summed E-state index contributed by atoms with van der Waals surface area (Å²) in [6, 6.07) is 10.7. The monoisotopic (exact) mass is 516 g/mol. The van der Waals surface area contributed by atoms with E-state index in [0.717, 1.165) is 31.6 Å². The van der Waals surface area contributed by atoms with Crippen LogP contribution in [-0.2, 0) is 23.0 Å². The lowest BCUT2D eigenvalue weighted by Crippen LogP contribution is -2.37. The van der Waals surface area contributed by atoms with E-state index in [-0.39, 0.29) is 23.8 Å². The van der Waals surface area contributed by atoms with E-state index in [0.29, 0.717) is 40.1 Å². The first-order valence-electron chi connectivity index (χ1n) is 11.7. The number of fused-ring (bicyclic) bond motifs is 1. The molecule has 184 valence electrons. The predicted molar refractivity (Wildman–Crippen MR) is 132 cm³/mol. The number of ether oxygens (including phenoxy) is 1. The first-order chi connectivity index (χ1) is 16.8. The van der Waals surface area contributed by atoms with Crippen molar-refractivity contribution < 1.29 is 17.5 Å². The molecular formula is C25H26ClFN4O3S. The van der Waals surface area contributed by atoms with Crippen LogP contribution < -0.4 is 9.64 Å². The molecule has 2 aliphatic rings. The van der Waals surface area contributed by atoms with Gasteiger partial charge in [-0.2, -0.15) is 9.29 Å². The van der Waals surface area contributed by atoms with Crippen LogP contribution in [0.4, 0.5) is 10.3 Å². The Morgan fingerprint density at radius 1 is 1.03 bits per heavy atom.